The quantitative estimate of drug-likeness (QED) is 0.924. The van der Waals surface area contributed by atoms with Gasteiger partial charge in [-0.1, -0.05) is 23.7 Å². The number of amides is 1. The molecule has 2 unspecified atom stereocenters. The van der Waals surface area contributed by atoms with E-state index >= 15 is 0 Å². The molecule has 1 saturated heterocycles. The predicted molar refractivity (Wildman–Crippen MR) is 80.9 cm³/mol. The molecular weight excluding hydrogens is 306 g/mol. The van der Waals surface area contributed by atoms with Gasteiger partial charge in [0.2, 0.25) is 5.91 Å². The summed E-state index contributed by atoms with van der Waals surface area (Å²) in [4.78, 5) is 24.8. The van der Waals surface area contributed by atoms with Gasteiger partial charge in [-0.3, -0.25) is 9.59 Å². The Labute approximate surface area is 133 Å². The van der Waals surface area contributed by atoms with Gasteiger partial charge in [0.05, 0.1) is 16.9 Å². The SMILES string of the molecule is O=C(O)C1CC1C(=O)N1CCC(Oc2ccccc2Cl)CC1. The number of carbonyl (C=O) groups excluding carboxylic acids is 1. The van der Waals surface area contributed by atoms with Crippen LogP contribution in [0.1, 0.15) is 19.3 Å². The molecule has 1 N–H and O–H groups in total. The molecule has 1 aliphatic carbocycles. The van der Waals surface area contributed by atoms with E-state index in [1.807, 2.05) is 18.2 Å². The molecule has 1 aromatic carbocycles. The van der Waals surface area contributed by atoms with Gasteiger partial charge in [-0.2, -0.15) is 0 Å². The number of piperidine rings is 1. The molecule has 6 heteroatoms. The summed E-state index contributed by atoms with van der Waals surface area (Å²) in [5.41, 5.74) is 0. The van der Waals surface area contributed by atoms with Crippen LogP contribution < -0.4 is 4.74 Å². The monoisotopic (exact) mass is 323 g/mol. The lowest BCUT2D eigenvalue weighted by molar-refractivity contribution is -0.142. The Morgan fingerprint density at radius 1 is 1.18 bits per heavy atom. The van der Waals surface area contributed by atoms with Gasteiger partial charge in [0, 0.05) is 25.9 Å². The normalized spacial score (nSPS) is 24.9. The molecule has 3 rings (SSSR count). The number of carboxylic acids is 1. The number of nitrogens with zero attached hydrogens (tertiary/aromatic N) is 1. The second-order valence-electron chi connectivity index (χ2n) is 5.86. The average Bonchev–Trinajstić information content (AvgIpc) is 3.30. The van der Waals surface area contributed by atoms with Crippen molar-refractivity contribution < 1.29 is 19.4 Å². The lowest BCUT2D eigenvalue weighted by Crippen LogP contribution is -2.42. The Balaban J connectivity index is 1.50. The van der Waals surface area contributed by atoms with Crippen molar-refractivity contribution in [2.24, 2.45) is 11.8 Å². The van der Waals surface area contributed by atoms with Crippen LogP contribution in [0, 0.1) is 11.8 Å². The highest BCUT2D eigenvalue weighted by molar-refractivity contribution is 6.32. The number of hydrogen-bond donors (Lipinski definition) is 1. The first kappa shape index (κ1) is 15.2. The lowest BCUT2D eigenvalue weighted by Gasteiger charge is -2.32. The number of carbonyl (C=O) groups is 2. The van der Waals surface area contributed by atoms with Crippen LogP contribution in [-0.4, -0.2) is 41.1 Å². The molecule has 2 atom stereocenters. The summed E-state index contributed by atoms with van der Waals surface area (Å²) in [6, 6.07) is 7.35. The van der Waals surface area contributed by atoms with Gasteiger partial charge in [0.15, 0.2) is 0 Å². The van der Waals surface area contributed by atoms with E-state index in [0.717, 1.165) is 12.8 Å². The molecule has 22 heavy (non-hydrogen) atoms. The Bertz CT molecular complexity index is 583. The molecule has 0 radical (unpaired) electrons. The van der Waals surface area contributed by atoms with Crippen LogP contribution in [0.15, 0.2) is 24.3 Å². The summed E-state index contributed by atoms with van der Waals surface area (Å²) in [6.45, 7) is 1.22. The molecule has 0 bridgehead atoms. The van der Waals surface area contributed by atoms with Gasteiger partial charge in [0.1, 0.15) is 11.9 Å². The minimum atomic E-state index is -0.865. The molecule has 1 aromatic rings. The first-order chi connectivity index (χ1) is 10.6. The Kier molecular flexibility index (Phi) is 4.25. The molecule has 2 fully saturated rings. The van der Waals surface area contributed by atoms with Crippen molar-refractivity contribution in [3.05, 3.63) is 29.3 Å². The zero-order valence-corrected chi connectivity index (χ0v) is 12.8. The maximum atomic E-state index is 12.2. The fourth-order valence-electron chi connectivity index (χ4n) is 2.89. The largest absolute Gasteiger partial charge is 0.489 e. The van der Waals surface area contributed by atoms with Crippen LogP contribution in [-0.2, 0) is 9.59 Å². The van der Waals surface area contributed by atoms with E-state index in [9.17, 15) is 9.59 Å². The maximum absolute atomic E-state index is 12.2. The van der Waals surface area contributed by atoms with Crippen molar-refractivity contribution in [2.45, 2.75) is 25.4 Å². The lowest BCUT2D eigenvalue weighted by atomic mass is 10.1. The van der Waals surface area contributed by atoms with E-state index in [0.29, 0.717) is 30.3 Å². The molecule has 0 aromatic heterocycles. The maximum Gasteiger partial charge on any atom is 0.307 e. The number of halogens is 1. The van der Waals surface area contributed by atoms with E-state index in [1.54, 1.807) is 11.0 Å². The van der Waals surface area contributed by atoms with Gasteiger partial charge in [0.25, 0.3) is 0 Å². The number of para-hydroxylation sites is 1. The highest BCUT2D eigenvalue weighted by atomic mass is 35.5. The summed E-state index contributed by atoms with van der Waals surface area (Å²) in [5, 5.41) is 9.49. The van der Waals surface area contributed by atoms with E-state index < -0.39 is 11.9 Å². The second-order valence-corrected chi connectivity index (χ2v) is 6.27. The number of carboxylic acid groups (broad SMARTS) is 1. The van der Waals surface area contributed by atoms with E-state index in [2.05, 4.69) is 0 Å². The number of likely N-dealkylation sites (tertiary alicyclic amines) is 1. The molecular formula is C16H18ClNO4. The Morgan fingerprint density at radius 3 is 2.45 bits per heavy atom. The summed E-state index contributed by atoms with van der Waals surface area (Å²) in [6.07, 6.45) is 1.99. The van der Waals surface area contributed by atoms with Crippen molar-refractivity contribution >= 4 is 23.5 Å². The summed E-state index contributed by atoms with van der Waals surface area (Å²) < 4.78 is 5.89. The van der Waals surface area contributed by atoms with E-state index in [-0.39, 0.29) is 17.9 Å². The highest BCUT2D eigenvalue weighted by Crippen LogP contribution is 2.40. The van der Waals surface area contributed by atoms with Crippen LogP contribution in [0.4, 0.5) is 0 Å². The minimum Gasteiger partial charge on any atom is -0.489 e. The number of rotatable bonds is 4. The van der Waals surface area contributed by atoms with Gasteiger partial charge in [-0.25, -0.2) is 0 Å². The smallest absolute Gasteiger partial charge is 0.307 e. The number of ether oxygens (including phenoxy) is 1. The standard InChI is InChI=1S/C16H18ClNO4/c17-13-3-1-2-4-14(13)22-10-5-7-18(8-6-10)15(19)11-9-12(11)16(20)21/h1-4,10-12H,5-9H2,(H,20,21). The molecule has 5 nitrogen and oxygen atoms in total. The van der Waals surface area contributed by atoms with Gasteiger partial charge < -0.3 is 14.7 Å². The van der Waals surface area contributed by atoms with Gasteiger partial charge >= 0.3 is 5.97 Å². The third-order valence-corrected chi connectivity index (χ3v) is 4.62. The zero-order chi connectivity index (χ0) is 15.7. The van der Waals surface area contributed by atoms with Crippen LogP contribution in [0.25, 0.3) is 0 Å². The third kappa shape index (κ3) is 3.19. The van der Waals surface area contributed by atoms with Crippen LogP contribution in [0.5, 0.6) is 5.75 Å². The minimum absolute atomic E-state index is 0.0245. The van der Waals surface area contributed by atoms with Crippen molar-refractivity contribution in [3.63, 3.8) is 0 Å². The fourth-order valence-corrected chi connectivity index (χ4v) is 3.07. The predicted octanol–water partition coefficient (Wildman–Crippen LogP) is 2.43. The number of benzene rings is 1. The van der Waals surface area contributed by atoms with E-state index in [4.69, 9.17) is 21.4 Å². The summed E-state index contributed by atoms with van der Waals surface area (Å²) in [5.74, 6) is -1.02. The van der Waals surface area contributed by atoms with Crippen molar-refractivity contribution in [1.82, 2.24) is 4.90 Å². The molecule has 118 valence electrons. The fraction of sp³-hybridized carbons (Fsp3) is 0.500. The average molecular weight is 324 g/mol. The van der Waals surface area contributed by atoms with Crippen LogP contribution in [0.3, 0.4) is 0 Å². The molecule has 2 aliphatic rings. The molecule has 1 aliphatic heterocycles. The zero-order valence-electron chi connectivity index (χ0n) is 12.1. The van der Waals surface area contributed by atoms with Crippen LogP contribution >= 0.6 is 11.6 Å². The molecule has 1 amide bonds. The molecule has 0 spiro atoms. The molecule has 1 saturated carbocycles. The van der Waals surface area contributed by atoms with Crippen molar-refractivity contribution in [3.8, 4) is 5.75 Å². The van der Waals surface area contributed by atoms with Crippen LogP contribution in [0.2, 0.25) is 5.02 Å². The van der Waals surface area contributed by atoms with Crippen molar-refractivity contribution in [1.29, 1.82) is 0 Å². The molecule has 1 heterocycles. The van der Waals surface area contributed by atoms with Gasteiger partial charge in [-0.15, -0.1) is 0 Å². The Morgan fingerprint density at radius 2 is 1.86 bits per heavy atom. The second kappa shape index (κ2) is 6.16. The first-order valence-corrected chi connectivity index (χ1v) is 7.87. The Hall–Kier alpha value is -1.75. The highest BCUT2D eigenvalue weighted by Gasteiger charge is 2.50. The van der Waals surface area contributed by atoms with E-state index in [1.165, 1.54) is 0 Å². The summed E-state index contributed by atoms with van der Waals surface area (Å²) in [7, 11) is 0. The summed E-state index contributed by atoms with van der Waals surface area (Å²) >= 11 is 6.07. The first-order valence-electron chi connectivity index (χ1n) is 7.49. The number of hydrogen-bond acceptors (Lipinski definition) is 3. The van der Waals surface area contributed by atoms with Crippen molar-refractivity contribution in [2.75, 3.05) is 13.1 Å². The number of aliphatic carboxylic acids is 1. The third-order valence-electron chi connectivity index (χ3n) is 4.31. The van der Waals surface area contributed by atoms with Gasteiger partial charge in [-0.05, 0) is 18.6 Å². The topological polar surface area (TPSA) is 66.8 Å².